The normalized spacial score (nSPS) is 13.3. The summed E-state index contributed by atoms with van der Waals surface area (Å²) >= 11 is 0. The van der Waals surface area contributed by atoms with Gasteiger partial charge >= 0.3 is 0 Å². The standard InChI is InChI=1S/C17H17NO2/c1-12-10-15(20-3)8-9-16(12)17(2,19)14-6-4-13(11-18)5-7-14/h4-10,19H,1-3H3. The molecule has 0 saturated heterocycles. The molecule has 0 heterocycles. The van der Waals surface area contributed by atoms with Gasteiger partial charge in [0.05, 0.1) is 18.7 Å². The zero-order chi connectivity index (χ0) is 14.8. The summed E-state index contributed by atoms with van der Waals surface area (Å²) in [5.74, 6) is 0.766. The molecule has 3 heteroatoms. The third-order valence-electron chi connectivity index (χ3n) is 3.53. The van der Waals surface area contributed by atoms with Gasteiger partial charge in [0, 0.05) is 0 Å². The Morgan fingerprint density at radius 1 is 1.15 bits per heavy atom. The number of methoxy groups -OCH3 is 1. The monoisotopic (exact) mass is 267 g/mol. The molecule has 0 radical (unpaired) electrons. The Morgan fingerprint density at radius 2 is 1.80 bits per heavy atom. The Kier molecular flexibility index (Phi) is 3.78. The van der Waals surface area contributed by atoms with Crippen LogP contribution in [0.25, 0.3) is 0 Å². The summed E-state index contributed by atoms with van der Waals surface area (Å²) in [6.07, 6.45) is 0. The molecule has 0 saturated carbocycles. The van der Waals surface area contributed by atoms with Gasteiger partial charge in [-0.25, -0.2) is 0 Å². The molecule has 0 aliphatic rings. The van der Waals surface area contributed by atoms with E-state index in [-0.39, 0.29) is 0 Å². The zero-order valence-corrected chi connectivity index (χ0v) is 11.8. The van der Waals surface area contributed by atoms with E-state index >= 15 is 0 Å². The highest BCUT2D eigenvalue weighted by atomic mass is 16.5. The Balaban J connectivity index is 2.45. The third-order valence-corrected chi connectivity index (χ3v) is 3.53. The van der Waals surface area contributed by atoms with Crippen molar-refractivity contribution in [3.05, 3.63) is 64.7 Å². The molecule has 0 spiro atoms. The molecule has 0 aliphatic carbocycles. The predicted molar refractivity (Wildman–Crippen MR) is 77.6 cm³/mol. The van der Waals surface area contributed by atoms with Crippen molar-refractivity contribution < 1.29 is 9.84 Å². The summed E-state index contributed by atoms with van der Waals surface area (Å²) in [6, 6.07) is 14.7. The maximum atomic E-state index is 10.8. The average molecular weight is 267 g/mol. The van der Waals surface area contributed by atoms with E-state index < -0.39 is 5.60 Å². The molecule has 1 atom stereocenters. The molecule has 0 amide bonds. The topological polar surface area (TPSA) is 53.2 Å². The van der Waals surface area contributed by atoms with Crippen LogP contribution in [-0.4, -0.2) is 12.2 Å². The molecule has 20 heavy (non-hydrogen) atoms. The van der Waals surface area contributed by atoms with Crippen molar-refractivity contribution in [2.24, 2.45) is 0 Å². The molecular formula is C17H17NO2. The first-order valence-corrected chi connectivity index (χ1v) is 6.37. The SMILES string of the molecule is COc1ccc(C(C)(O)c2ccc(C#N)cc2)c(C)c1. The number of hydrogen-bond donors (Lipinski definition) is 1. The van der Waals surface area contributed by atoms with Gasteiger partial charge in [0.15, 0.2) is 0 Å². The molecule has 0 bridgehead atoms. The van der Waals surface area contributed by atoms with E-state index in [9.17, 15) is 5.11 Å². The van der Waals surface area contributed by atoms with E-state index in [0.717, 1.165) is 22.4 Å². The van der Waals surface area contributed by atoms with Gasteiger partial charge in [-0.15, -0.1) is 0 Å². The highest BCUT2D eigenvalue weighted by molar-refractivity contribution is 5.44. The van der Waals surface area contributed by atoms with Crippen LogP contribution >= 0.6 is 0 Å². The van der Waals surface area contributed by atoms with Gasteiger partial charge in [-0.05, 0) is 54.8 Å². The van der Waals surface area contributed by atoms with Crippen molar-refractivity contribution >= 4 is 0 Å². The van der Waals surface area contributed by atoms with Gasteiger partial charge in [-0.2, -0.15) is 5.26 Å². The Hall–Kier alpha value is -2.31. The largest absolute Gasteiger partial charge is 0.497 e. The van der Waals surface area contributed by atoms with Crippen molar-refractivity contribution in [2.75, 3.05) is 7.11 Å². The molecule has 2 aromatic carbocycles. The van der Waals surface area contributed by atoms with Crippen LogP contribution in [-0.2, 0) is 5.60 Å². The Morgan fingerprint density at radius 3 is 2.30 bits per heavy atom. The number of ether oxygens (including phenoxy) is 1. The number of hydrogen-bond acceptors (Lipinski definition) is 3. The second-order valence-electron chi connectivity index (χ2n) is 4.94. The second kappa shape index (κ2) is 5.36. The third kappa shape index (κ3) is 2.52. The Bertz CT molecular complexity index is 652. The van der Waals surface area contributed by atoms with Crippen molar-refractivity contribution in [1.82, 2.24) is 0 Å². The smallest absolute Gasteiger partial charge is 0.119 e. The predicted octanol–water partition coefficient (Wildman–Crippen LogP) is 3.13. The lowest BCUT2D eigenvalue weighted by Gasteiger charge is -2.26. The summed E-state index contributed by atoms with van der Waals surface area (Å²) in [4.78, 5) is 0. The van der Waals surface area contributed by atoms with E-state index in [4.69, 9.17) is 10.00 Å². The maximum absolute atomic E-state index is 10.8. The van der Waals surface area contributed by atoms with Gasteiger partial charge in [0.1, 0.15) is 11.4 Å². The minimum absolute atomic E-state index is 0.580. The lowest BCUT2D eigenvalue weighted by Crippen LogP contribution is -2.23. The quantitative estimate of drug-likeness (QED) is 0.929. The molecule has 2 aromatic rings. The van der Waals surface area contributed by atoms with Crippen LogP contribution in [0.5, 0.6) is 5.75 Å². The van der Waals surface area contributed by atoms with Crippen LogP contribution in [0.1, 0.15) is 29.2 Å². The molecule has 3 nitrogen and oxygen atoms in total. The van der Waals surface area contributed by atoms with E-state index in [1.807, 2.05) is 25.1 Å². The highest BCUT2D eigenvalue weighted by Gasteiger charge is 2.27. The molecule has 1 N–H and O–H groups in total. The van der Waals surface area contributed by atoms with E-state index in [1.165, 1.54) is 0 Å². The van der Waals surface area contributed by atoms with E-state index in [2.05, 4.69) is 6.07 Å². The number of benzene rings is 2. The number of aliphatic hydroxyl groups is 1. The lowest BCUT2D eigenvalue weighted by atomic mass is 9.85. The first-order chi connectivity index (χ1) is 9.48. The summed E-state index contributed by atoms with van der Waals surface area (Å²) in [7, 11) is 1.62. The number of nitriles is 1. The van der Waals surface area contributed by atoms with Crippen molar-refractivity contribution in [1.29, 1.82) is 5.26 Å². The molecular weight excluding hydrogens is 250 g/mol. The van der Waals surface area contributed by atoms with Crippen molar-refractivity contribution in [2.45, 2.75) is 19.4 Å². The summed E-state index contributed by atoms with van der Waals surface area (Å²) in [5, 5.41) is 19.7. The minimum Gasteiger partial charge on any atom is -0.497 e. The van der Waals surface area contributed by atoms with Crippen LogP contribution in [0.15, 0.2) is 42.5 Å². The molecule has 0 aliphatic heterocycles. The van der Waals surface area contributed by atoms with Crippen LogP contribution in [0.3, 0.4) is 0 Å². The Labute approximate surface area is 119 Å². The fourth-order valence-electron chi connectivity index (χ4n) is 2.33. The molecule has 0 fully saturated rings. The van der Waals surface area contributed by atoms with Crippen molar-refractivity contribution in [3.8, 4) is 11.8 Å². The van der Waals surface area contributed by atoms with Crippen LogP contribution < -0.4 is 4.74 Å². The first-order valence-electron chi connectivity index (χ1n) is 6.37. The highest BCUT2D eigenvalue weighted by Crippen LogP contribution is 2.33. The van der Waals surface area contributed by atoms with E-state index in [0.29, 0.717) is 5.56 Å². The zero-order valence-electron chi connectivity index (χ0n) is 11.8. The van der Waals surface area contributed by atoms with Crippen LogP contribution in [0.2, 0.25) is 0 Å². The van der Waals surface area contributed by atoms with Gasteiger partial charge in [0.25, 0.3) is 0 Å². The fraction of sp³-hybridized carbons (Fsp3) is 0.235. The summed E-state index contributed by atoms with van der Waals surface area (Å²) in [6.45, 7) is 3.69. The molecule has 1 unspecified atom stereocenters. The van der Waals surface area contributed by atoms with Gasteiger partial charge < -0.3 is 9.84 Å². The molecule has 0 aromatic heterocycles. The van der Waals surface area contributed by atoms with Gasteiger partial charge in [-0.3, -0.25) is 0 Å². The lowest BCUT2D eigenvalue weighted by molar-refractivity contribution is 0.101. The average Bonchev–Trinajstić information content (AvgIpc) is 2.46. The number of nitrogens with zero attached hydrogens (tertiary/aromatic N) is 1. The number of aryl methyl sites for hydroxylation is 1. The summed E-state index contributed by atoms with van der Waals surface area (Å²) < 4.78 is 5.18. The fourth-order valence-corrected chi connectivity index (χ4v) is 2.33. The minimum atomic E-state index is -1.11. The van der Waals surface area contributed by atoms with Crippen LogP contribution in [0.4, 0.5) is 0 Å². The second-order valence-corrected chi connectivity index (χ2v) is 4.94. The molecule has 102 valence electrons. The first kappa shape index (κ1) is 14.1. The van der Waals surface area contributed by atoms with Gasteiger partial charge in [-0.1, -0.05) is 18.2 Å². The van der Waals surface area contributed by atoms with Gasteiger partial charge in [0.2, 0.25) is 0 Å². The molecule has 2 rings (SSSR count). The summed E-state index contributed by atoms with van der Waals surface area (Å²) in [5.41, 5.74) is 2.01. The van der Waals surface area contributed by atoms with E-state index in [1.54, 1.807) is 38.3 Å². The maximum Gasteiger partial charge on any atom is 0.119 e. The number of rotatable bonds is 3. The van der Waals surface area contributed by atoms with Crippen molar-refractivity contribution in [3.63, 3.8) is 0 Å². The van der Waals surface area contributed by atoms with Crippen LogP contribution in [0, 0.1) is 18.3 Å².